The lowest BCUT2D eigenvalue weighted by atomic mass is 9.96. The van der Waals surface area contributed by atoms with Crippen LogP contribution in [0.5, 0.6) is 0 Å². The third kappa shape index (κ3) is 4.21. The second kappa shape index (κ2) is 7.26. The molecule has 2 amide bonds. The first-order valence-electron chi connectivity index (χ1n) is 6.97. The number of halogens is 1. The largest absolute Gasteiger partial charge is 0.452 e. The third-order valence-corrected chi connectivity index (χ3v) is 3.87. The number of carbonyl (C=O) groups is 3. The van der Waals surface area contributed by atoms with Crippen LogP contribution in [0.3, 0.4) is 0 Å². The van der Waals surface area contributed by atoms with Crippen LogP contribution >= 0.6 is 11.6 Å². The van der Waals surface area contributed by atoms with Gasteiger partial charge >= 0.3 is 5.97 Å². The van der Waals surface area contributed by atoms with Crippen molar-refractivity contribution < 1.29 is 19.1 Å². The number of ether oxygens (including phenoxy) is 1. The number of piperidine rings is 1. The van der Waals surface area contributed by atoms with Crippen LogP contribution in [0.25, 0.3) is 0 Å². The fraction of sp³-hybridized carbons (Fsp3) is 0.400. The molecule has 1 heterocycles. The topological polar surface area (TPSA) is 89.7 Å². The Bertz CT molecular complexity index is 583. The quantitative estimate of drug-likeness (QED) is 0.843. The van der Waals surface area contributed by atoms with Crippen molar-refractivity contribution in [1.29, 1.82) is 0 Å². The van der Waals surface area contributed by atoms with Crippen molar-refractivity contribution in [1.82, 2.24) is 4.90 Å². The van der Waals surface area contributed by atoms with Crippen LogP contribution in [0.15, 0.2) is 24.3 Å². The zero-order valence-corrected chi connectivity index (χ0v) is 12.7. The smallest absolute Gasteiger partial charge is 0.338 e. The van der Waals surface area contributed by atoms with Crippen molar-refractivity contribution in [3.8, 4) is 0 Å². The van der Waals surface area contributed by atoms with Gasteiger partial charge in [-0.2, -0.15) is 0 Å². The first-order valence-corrected chi connectivity index (χ1v) is 7.35. The molecule has 0 atom stereocenters. The molecule has 0 radical (unpaired) electrons. The number of rotatable bonds is 4. The van der Waals surface area contributed by atoms with Crippen molar-refractivity contribution >= 4 is 29.4 Å². The normalized spacial score (nSPS) is 15.4. The molecule has 118 valence electrons. The monoisotopic (exact) mass is 324 g/mol. The van der Waals surface area contributed by atoms with Crippen LogP contribution in [0.4, 0.5) is 0 Å². The molecule has 2 N–H and O–H groups in total. The van der Waals surface area contributed by atoms with Crippen molar-refractivity contribution in [2.24, 2.45) is 11.7 Å². The number of hydrogen-bond donors (Lipinski definition) is 1. The fourth-order valence-electron chi connectivity index (χ4n) is 2.33. The zero-order valence-electron chi connectivity index (χ0n) is 12.0. The van der Waals surface area contributed by atoms with E-state index in [1.807, 2.05) is 0 Å². The molecule has 22 heavy (non-hydrogen) atoms. The Morgan fingerprint density at radius 1 is 1.27 bits per heavy atom. The summed E-state index contributed by atoms with van der Waals surface area (Å²) in [5.41, 5.74) is 5.54. The summed E-state index contributed by atoms with van der Waals surface area (Å²) in [7, 11) is 0. The van der Waals surface area contributed by atoms with Crippen LogP contribution in [0.2, 0.25) is 5.02 Å². The van der Waals surface area contributed by atoms with Crippen molar-refractivity contribution in [3.63, 3.8) is 0 Å². The molecule has 1 aromatic rings. The van der Waals surface area contributed by atoms with Crippen LogP contribution in [0.1, 0.15) is 23.2 Å². The molecule has 0 aromatic heterocycles. The predicted octanol–water partition coefficient (Wildman–Crippen LogP) is 1.22. The molecular weight excluding hydrogens is 308 g/mol. The number of benzene rings is 1. The van der Waals surface area contributed by atoms with E-state index >= 15 is 0 Å². The van der Waals surface area contributed by atoms with E-state index in [9.17, 15) is 14.4 Å². The van der Waals surface area contributed by atoms with Gasteiger partial charge in [0.05, 0.1) is 5.56 Å². The van der Waals surface area contributed by atoms with Crippen LogP contribution in [-0.2, 0) is 14.3 Å². The molecular formula is C15H17ClN2O4. The molecule has 6 nitrogen and oxygen atoms in total. The highest BCUT2D eigenvalue weighted by atomic mass is 35.5. The van der Waals surface area contributed by atoms with E-state index in [1.54, 1.807) is 23.1 Å². The van der Waals surface area contributed by atoms with Crippen molar-refractivity contribution in [3.05, 3.63) is 34.9 Å². The molecule has 0 unspecified atom stereocenters. The first-order chi connectivity index (χ1) is 10.5. The summed E-state index contributed by atoms with van der Waals surface area (Å²) in [6.45, 7) is 0.564. The summed E-state index contributed by atoms with van der Waals surface area (Å²) in [5, 5.41) is 0.425. The standard InChI is InChI=1S/C15H17ClN2O4/c16-12-3-1-2-11(8-12)15(21)22-9-13(19)18-6-4-10(5-7-18)14(17)20/h1-3,8,10H,4-7,9H2,(H2,17,20). The summed E-state index contributed by atoms with van der Waals surface area (Å²) >= 11 is 5.79. The van der Waals surface area contributed by atoms with E-state index in [0.717, 1.165) is 0 Å². The van der Waals surface area contributed by atoms with Gasteiger partial charge in [-0.1, -0.05) is 17.7 Å². The van der Waals surface area contributed by atoms with Gasteiger partial charge in [0.15, 0.2) is 6.61 Å². The van der Waals surface area contributed by atoms with Gasteiger partial charge in [-0.05, 0) is 31.0 Å². The Kier molecular flexibility index (Phi) is 5.38. The Morgan fingerprint density at radius 3 is 2.55 bits per heavy atom. The highest BCUT2D eigenvalue weighted by Crippen LogP contribution is 2.17. The van der Waals surface area contributed by atoms with Gasteiger partial charge < -0.3 is 15.4 Å². The summed E-state index contributed by atoms with van der Waals surface area (Å²) in [6, 6.07) is 6.32. The number of nitrogens with two attached hydrogens (primary N) is 1. The molecule has 0 saturated carbocycles. The first kappa shape index (κ1) is 16.3. The predicted molar refractivity (Wildman–Crippen MR) is 80.2 cm³/mol. The van der Waals surface area contributed by atoms with E-state index in [-0.39, 0.29) is 24.3 Å². The minimum Gasteiger partial charge on any atom is -0.452 e. The highest BCUT2D eigenvalue weighted by molar-refractivity contribution is 6.30. The molecule has 7 heteroatoms. The molecule has 0 spiro atoms. The number of primary amides is 1. The molecule has 1 saturated heterocycles. The molecule has 1 aliphatic rings. The minimum atomic E-state index is -0.595. The highest BCUT2D eigenvalue weighted by Gasteiger charge is 2.26. The van der Waals surface area contributed by atoms with Crippen LogP contribution < -0.4 is 5.73 Å². The number of carbonyl (C=O) groups excluding carboxylic acids is 3. The van der Waals surface area contributed by atoms with E-state index in [4.69, 9.17) is 22.1 Å². The van der Waals surface area contributed by atoms with Gasteiger partial charge in [0.2, 0.25) is 5.91 Å². The average molecular weight is 325 g/mol. The average Bonchev–Trinajstić information content (AvgIpc) is 2.52. The molecule has 2 rings (SSSR count). The van der Waals surface area contributed by atoms with Gasteiger partial charge in [0, 0.05) is 24.0 Å². The number of amides is 2. The molecule has 0 bridgehead atoms. The van der Waals surface area contributed by atoms with Gasteiger partial charge in [-0.3, -0.25) is 9.59 Å². The second-order valence-electron chi connectivity index (χ2n) is 5.14. The lowest BCUT2D eigenvalue weighted by Gasteiger charge is -2.30. The molecule has 0 aliphatic carbocycles. The van der Waals surface area contributed by atoms with E-state index in [2.05, 4.69) is 0 Å². The second-order valence-corrected chi connectivity index (χ2v) is 5.58. The number of likely N-dealkylation sites (tertiary alicyclic amines) is 1. The molecule has 1 fully saturated rings. The van der Waals surface area contributed by atoms with Crippen molar-refractivity contribution in [2.45, 2.75) is 12.8 Å². The summed E-state index contributed by atoms with van der Waals surface area (Å²) in [6.07, 6.45) is 1.09. The maximum atomic E-state index is 12.0. The summed E-state index contributed by atoms with van der Waals surface area (Å²) in [4.78, 5) is 36.4. The third-order valence-electron chi connectivity index (χ3n) is 3.64. The lowest BCUT2D eigenvalue weighted by Crippen LogP contribution is -2.43. The SMILES string of the molecule is NC(=O)C1CCN(C(=O)COC(=O)c2cccc(Cl)c2)CC1. The Morgan fingerprint density at radius 2 is 1.95 bits per heavy atom. The van der Waals surface area contributed by atoms with Gasteiger partial charge in [-0.25, -0.2) is 4.79 Å². The van der Waals surface area contributed by atoms with E-state index in [1.165, 1.54) is 6.07 Å². The minimum absolute atomic E-state index is 0.182. The molecule has 1 aliphatic heterocycles. The van der Waals surface area contributed by atoms with Crippen LogP contribution in [-0.4, -0.2) is 42.4 Å². The Balaban J connectivity index is 1.81. The number of esters is 1. The maximum Gasteiger partial charge on any atom is 0.338 e. The summed E-state index contributed by atoms with van der Waals surface area (Å²) < 4.78 is 4.99. The maximum absolute atomic E-state index is 12.0. The van der Waals surface area contributed by atoms with E-state index < -0.39 is 5.97 Å². The van der Waals surface area contributed by atoms with Crippen molar-refractivity contribution in [2.75, 3.05) is 19.7 Å². The Hall–Kier alpha value is -2.08. The number of hydrogen-bond acceptors (Lipinski definition) is 4. The Labute approximate surface area is 133 Å². The van der Waals surface area contributed by atoms with Gasteiger partial charge in [0.1, 0.15) is 0 Å². The molecule has 1 aromatic carbocycles. The number of nitrogens with zero attached hydrogens (tertiary/aromatic N) is 1. The lowest BCUT2D eigenvalue weighted by molar-refractivity contribution is -0.137. The summed E-state index contributed by atoms with van der Waals surface area (Å²) in [5.74, 6) is -1.39. The van der Waals surface area contributed by atoms with Gasteiger partial charge in [0.25, 0.3) is 5.91 Å². The van der Waals surface area contributed by atoms with Crippen LogP contribution in [0, 0.1) is 5.92 Å². The zero-order chi connectivity index (χ0) is 16.1. The fourth-order valence-corrected chi connectivity index (χ4v) is 2.52. The van der Waals surface area contributed by atoms with E-state index in [0.29, 0.717) is 36.5 Å². The van der Waals surface area contributed by atoms with Gasteiger partial charge in [-0.15, -0.1) is 0 Å².